The number of aromatic hydroxyl groups is 1. The van der Waals surface area contributed by atoms with E-state index < -0.39 is 0 Å². The lowest BCUT2D eigenvalue weighted by Crippen LogP contribution is -2.25. The summed E-state index contributed by atoms with van der Waals surface area (Å²) in [6.07, 6.45) is 1.34. The molecule has 0 aliphatic heterocycles. The van der Waals surface area contributed by atoms with E-state index in [1.54, 1.807) is 30.3 Å². The van der Waals surface area contributed by atoms with Crippen LogP contribution in [0.1, 0.15) is 5.56 Å². The highest BCUT2D eigenvalue weighted by Crippen LogP contribution is 2.41. The topological polar surface area (TPSA) is 83.0 Å². The number of nitrogens with one attached hydrogen (secondary N) is 2. The van der Waals surface area contributed by atoms with Gasteiger partial charge in [-0.1, -0.05) is 11.6 Å². The molecule has 2 aromatic carbocycles. The third kappa shape index (κ3) is 5.35. The molecule has 1 amide bonds. The zero-order valence-corrected chi connectivity index (χ0v) is 16.9. The first-order valence-corrected chi connectivity index (χ1v) is 8.95. The average molecular weight is 492 g/mol. The Labute approximate surface area is 166 Å². The number of phenolic OH excluding ortho intramolecular Hbond substituents is 1. The first-order chi connectivity index (χ1) is 11.9. The van der Waals surface area contributed by atoms with Crippen molar-refractivity contribution in [2.75, 3.05) is 19.0 Å². The van der Waals surface area contributed by atoms with Gasteiger partial charge in [0.25, 0.3) is 5.91 Å². The number of benzene rings is 2. The molecule has 132 valence electrons. The van der Waals surface area contributed by atoms with Gasteiger partial charge in [0.2, 0.25) is 0 Å². The molecule has 3 N–H and O–H groups in total. The predicted octanol–water partition coefficient (Wildman–Crippen LogP) is 4.14. The fourth-order valence-electron chi connectivity index (χ4n) is 1.86. The van der Waals surface area contributed by atoms with E-state index in [1.807, 2.05) is 0 Å². The van der Waals surface area contributed by atoms with Crippen LogP contribution in [0.15, 0.2) is 44.4 Å². The normalized spacial score (nSPS) is 10.7. The van der Waals surface area contributed by atoms with E-state index in [9.17, 15) is 9.90 Å². The molecular weight excluding hydrogens is 477 g/mol. The molecule has 9 heteroatoms. The van der Waals surface area contributed by atoms with Gasteiger partial charge in [-0.05, 0) is 62.2 Å². The van der Waals surface area contributed by atoms with Crippen LogP contribution in [0.4, 0.5) is 5.69 Å². The molecule has 0 radical (unpaired) electrons. The summed E-state index contributed by atoms with van der Waals surface area (Å²) in [7, 11) is 1.49. The van der Waals surface area contributed by atoms with Gasteiger partial charge in [0, 0.05) is 16.3 Å². The molecule has 2 aromatic rings. The number of hydrazone groups is 1. The molecule has 0 aliphatic carbocycles. The van der Waals surface area contributed by atoms with Crippen LogP contribution in [0.2, 0.25) is 5.02 Å². The molecule has 0 heterocycles. The van der Waals surface area contributed by atoms with Crippen molar-refractivity contribution in [1.29, 1.82) is 0 Å². The van der Waals surface area contributed by atoms with Crippen LogP contribution < -0.4 is 15.5 Å². The summed E-state index contributed by atoms with van der Waals surface area (Å²) < 4.78 is 6.18. The van der Waals surface area contributed by atoms with Gasteiger partial charge in [0.1, 0.15) is 10.2 Å². The number of rotatable bonds is 6. The molecule has 0 unspecified atom stereocenters. The molecule has 6 nitrogen and oxygen atoms in total. The van der Waals surface area contributed by atoms with Gasteiger partial charge in [-0.15, -0.1) is 0 Å². The van der Waals surface area contributed by atoms with Crippen molar-refractivity contribution in [2.45, 2.75) is 0 Å². The molecule has 0 aliphatic rings. The maximum atomic E-state index is 11.8. The minimum Gasteiger partial charge on any atom is -0.506 e. The van der Waals surface area contributed by atoms with Crippen LogP contribution in [0, 0.1) is 0 Å². The van der Waals surface area contributed by atoms with Gasteiger partial charge in [-0.3, -0.25) is 4.79 Å². The smallest absolute Gasteiger partial charge is 0.259 e. The number of methoxy groups -OCH3 is 1. The zero-order chi connectivity index (χ0) is 18.4. The van der Waals surface area contributed by atoms with Gasteiger partial charge >= 0.3 is 0 Å². The highest BCUT2D eigenvalue weighted by Gasteiger charge is 2.14. The Morgan fingerprint density at radius 3 is 2.68 bits per heavy atom. The number of carbonyl (C=O) groups excluding carboxylic acids is 1. The summed E-state index contributed by atoms with van der Waals surface area (Å²) in [4.78, 5) is 11.8. The molecule has 0 fully saturated rings. The van der Waals surface area contributed by atoms with Crippen molar-refractivity contribution in [3.8, 4) is 11.5 Å². The Morgan fingerprint density at radius 2 is 2.04 bits per heavy atom. The van der Waals surface area contributed by atoms with Gasteiger partial charge in [-0.2, -0.15) is 5.10 Å². The second-order valence-corrected chi connectivity index (χ2v) is 6.88. The van der Waals surface area contributed by atoms with Crippen LogP contribution in [0.3, 0.4) is 0 Å². The van der Waals surface area contributed by atoms with Crippen molar-refractivity contribution in [1.82, 2.24) is 5.43 Å². The maximum absolute atomic E-state index is 11.8. The van der Waals surface area contributed by atoms with Crippen molar-refractivity contribution >= 4 is 61.3 Å². The van der Waals surface area contributed by atoms with Crippen molar-refractivity contribution in [3.63, 3.8) is 0 Å². The van der Waals surface area contributed by atoms with Gasteiger partial charge in [-0.25, -0.2) is 5.43 Å². The molecule has 25 heavy (non-hydrogen) atoms. The lowest BCUT2D eigenvalue weighted by Gasteiger charge is -2.10. The van der Waals surface area contributed by atoms with Crippen LogP contribution in [0.5, 0.6) is 11.5 Å². The minimum absolute atomic E-state index is 0.0426. The fourth-order valence-corrected chi connectivity index (χ4v) is 3.46. The lowest BCUT2D eigenvalue weighted by atomic mass is 10.2. The van der Waals surface area contributed by atoms with E-state index in [0.29, 0.717) is 25.3 Å². The highest BCUT2D eigenvalue weighted by molar-refractivity contribution is 9.11. The molecule has 0 spiro atoms. The minimum atomic E-state index is -0.336. The standard InChI is InChI=1S/C16H14Br2ClN3O3/c1-25-16-12(17)6-9(15(24)14(16)18)7-21-22-13(23)8-20-11-4-2-10(19)3-5-11/h2-7,20,24H,8H2,1H3,(H,22,23). The molecule has 2 rings (SSSR count). The molecule has 0 bridgehead atoms. The van der Waals surface area contributed by atoms with E-state index in [2.05, 4.69) is 47.7 Å². The number of hydrogen-bond acceptors (Lipinski definition) is 5. The van der Waals surface area contributed by atoms with E-state index in [4.69, 9.17) is 16.3 Å². The molecule has 0 atom stereocenters. The summed E-state index contributed by atoms with van der Waals surface area (Å²) in [5, 5.41) is 17.5. The fraction of sp³-hybridized carbons (Fsp3) is 0.125. The summed E-state index contributed by atoms with van der Waals surface area (Å²) in [5.74, 6) is 0.0838. The third-order valence-electron chi connectivity index (χ3n) is 3.07. The number of nitrogens with zero attached hydrogens (tertiary/aromatic N) is 1. The Morgan fingerprint density at radius 1 is 1.36 bits per heavy atom. The summed E-state index contributed by atoms with van der Waals surface area (Å²) >= 11 is 12.4. The Balaban J connectivity index is 1.94. The number of phenols is 1. The monoisotopic (exact) mass is 489 g/mol. The third-order valence-corrected chi connectivity index (χ3v) is 4.65. The number of anilines is 1. The maximum Gasteiger partial charge on any atom is 0.259 e. The van der Waals surface area contributed by atoms with Crippen molar-refractivity contribution in [3.05, 3.63) is 49.9 Å². The second kappa shape index (κ2) is 9.07. The first-order valence-electron chi connectivity index (χ1n) is 6.98. The van der Waals surface area contributed by atoms with Crippen molar-refractivity contribution < 1.29 is 14.6 Å². The Hall–Kier alpha value is -1.77. The van der Waals surface area contributed by atoms with Crippen LogP contribution in [-0.2, 0) is 4.79 Å². The number of ether oxygens (including phenoxy) is 1. The van der Waals surface area contributed by atoms with Gasteiger partial charge in [0.05, 0.1) is 24.3 Å². The van der Waals surface area contributed by atoms with Crippen LogP contribution >= 0.6 is 43.5 Å². The zero-order valence-electron chi connectivity index (χ0n) is 13.0. The average Bonchev–Trinajstić information content (AvgIpc) is 2.59. The van der Waals surface area contributed by atoms with Crippen LogP contribution in [-0.4, -0.2) is 30.9 Å². The lowest BCUT2D eigenvalue weighted by molar-refractivity contribution is -0.119. The van der Waals surface area contributed by atoms with E-state index >= 15 is 0 Å². The summed E-state index contributed by atoms with van der Waals surface area (Å²) in [6, 6.07) is 8.61. The largest absolute Gasteiger partial charge is 0.506 e. The Bertz CT molecular complexity index is 798. The van der Waals surface area contributed by atoms with Crippen molar-refractivity contribution in [2.24, 2.45) is 5.10 Å². The molecule has 0 saturated heterocycles. The number of hydrogen-bond donors (Lipinski definition) is 3. The Kier molecular flexibility index (Phi) is 7.10. The second-order valence-electron chi connectivity index (χ2n) is 4.80. The SMILES string of the molecule is COc1c(Br)cc(C=NNC(=O)CNc2ccc(Cl)cc2)c(O)c1Br. The van der Waals surface area contributed by atoms with Gasteiger partial charge in [0.15, 0.2) is 5.75 Å². The van der Waals surface area contributed by atoms with Crippen LogP contribution in [0.25, 0.3) is 0 Å². The van der Waals surface area contributed by atoms with E-state index in [0.717, 1.165) is 5.69 Å². The molecular formula is C16H14Br2ClN3O3. The highest BCUT2D eigenvalue weighted by atomic mass is 79.9. The summed E-state index contributed by atoms with van der Waals surface area (Å²) in [6.45, 7) is 0.0426. The molecule has 0 saturated carbocycles. The number of carbonyl (C=O) groups is 1. The number of amides is 1. The number of halogens is 3. The predicted molar refractivity (Wildman–Crippen MR) is 106 cm³/mol. The van der Waals surface area contributed by atoms with E-state index in [-0.39, 0.29) is 18.2 Å². The quantitative estimate of drug-likeness (QED) is 0.419. The van der Waals surface area contributed by atoms with Gasteiger partial charge < -0.3 is 15.2 Å². The first kappa shape index (κ1) is 19.6. The summed E-state index contributed by atoms with van der Waals surface area (Å²) in [5.41, 5.74) is 3.55. The molecule has 0 aromatic heterocycles. The van der Waals surface area contributed by atoms with E-state index in [1.165, 1.54) is 13.3 Å².